The van der Waals surface area contributed by atoms with Crippen LogP contribution in [0.15, 0.2) is 42.6 Å². The molecule has 33 heavy (non-hydrogen) atoms. The van der Waals surface area contributed by atoms with Crippen molar-refractivity contribution in [3.8, 4) is 0 Å². The number of nitrogens with zero attached hydrogens (tertiary/aromatic N) is 3. The van der Waals surface area contributed by atoms with Crippen LogP contribution in [0.3, 0.4) is 0 Å². The molecular formula is C23H20Cl2F2N4O2. The van der Waals surface area contributed by atoms with Gasteiger partial charge in [-0.05, 0) is 47.4 Å². The number of aliphatic hydroxyl groups excluding tert-OH is 1. The first-order chi connectivity index (χ1) is 15.8. The molecule has 10 heteroatoms. The molecule has 6 nitrogen and oxygen atoms in total. The van der Waals surface area contributed by atoms with Crippen LogP contribution in [0.5, 0.6) is 0 Å². The summed E-state index contributed by atoms with van der Waals surface area (Å²) < 4.78 is 26.8. The number of fused-ring (bicyclic) bond motifs is 1. The molecule has 2 N–H and O–H groups in total. The van der Waals surface area contributed by atoms with E-state index >= 15 is 0 Å². The first-order valence-electron chi connectivity index (χ1n) is 10.2. The van der Waals surface area contributed by atoms with E-state index in [1.807, 2.05) is 0 Å². The van der Waals surface area contributed by atoms with Gasteiger partial charge in [0.25, 0.3) is 0 Å². The number of hydrogen-bond acceptors (Lipinski definition) is 4. The Morgan fingerprint density at radius 2 is 1.88 bits per heavy atom. The number of carbonyl (C=O) groups is 1. The number of halogens is 4. The van der Waals surface area contributed by atoms with Crippen molar-refractivity contribution in [2.45, 2.75) is 25.4 Å². The molecule has 0 aliphatic carbocycles. The zero-order valence-electron chi connectivity index (χ0n) is 17.4. The molecule has 2 heterocycles. The number of nitrogens with one attached hydrogen (secondary N) is 1. The molecule has 3 aromatic rings. The summed E-state index contributed by atoms with van der Waals surface area (Å²) in [4.78, 5) is 23.4. The van der Waals surface area contributed by atoms with E-state index in [0.717, 1.165) is 16.8 Å². The number of hydrogen-bond donors (Lipinski definition) is 2. The van der Waals surface area contributed by atoms with Crippen LogP contribution in [0.2, 0.25) is 10.0 Å². The highest BCUT2D eigenvalue weighted by Crippen LogP contribution is 2.23. The van der Waals surface area contributed by atoms with Crippen molar-refractivity contribution in [2.75, 3.05) is 13.2 Å². The number of rotatable bonds is 5. The first kappa shape index (κ1) is 23.4. The molecule has 1 atom stereocenters. The average molecular weight is 493 g/mol. The number of amides is 2. The second kappa shape index (κ2) is 9.99. The number of aliphatic hydroxyl groups is 1. The molecule has 172 valence electrons. The van der Waals surface area contributed by atoms with Crippen LogP contribution >= 0.6 is 23.2 Å². The van der Waals surface area contributed by atoms with E-state index < -0.39 is 17.7 Å². The molecule has 0 saturated heterocycles. The summed E-state index contributed by atoms with van der Waals surface area (Å²) in [5, 5.41) is 12.4. The number of benzene rings is 2. The van der Waals surface area contributed by atoms with Gasteiger partial charge in [-0.3, -0.25) is 0 Å². The molecule has 4 rings (SSSR count). The average Bonchev–Trinajstić information content (AvgIpc) is 2.81. The Bertz CT molecular complexity index is 1200. The fraction of sp³-hybridized carbons (Fsp3) is 0.261. The molecule has 2 aromatic carbocycles. The Morgan fingerprint density at radius 3 is 2.58 bits per heavy atom. The van der Waals surface area contributed by atoms with E-state index in [1.54, 1.807) is 17.2 Å². The Hall–Kier alpha value is -2.81. The normalized spacial score (nSPS) is 14.0. The van der Waals surface area contributed by atoms with Gasteiger partial charge in [-0.1, -0.05) is 35.3 Å². The van der Waals surface area contributed by atoms with E-state index in [9.17, 15) is 18.7 Å². The molecule has 0 spiro atoms. The first-order valence-corrected chi connectivity index (χ1v) is 11.0. The molecule has 1 aliphatic rings. The second-order valence-corrected chi connectivity index (χ2v) is 8.53. The summed E-state index contributed by atoms with van der Waals surface area (Å²) in [6, 6.07) is 7.38. The summed E-state index contributed by atoms with van der Waals surface area (Å²) in [7, 11) is 0. The van der Waals surface area contributed by atoms with Gasteiger partial charge in [-0.25, -0.2) is 23.5 Å². The summed E-state index contributed by atoms with van der Waals surface area (Å²) in [5.41, 5.74) is 2.94. The third-order valence-corrected chi connectivity index (χ3v) is 6.03. The predicted octanol–water partition coefficient (Wildman–Crippen LogP) is 4.45. The van der Waals surface area contributed by atoms with Crippen molar-refractivity contribution in [1.29, 1.82) is 0 Å². The summed E-state index contributed by atoms with van der Waals surface area (Å²) in [6.45, 7) is 0.352. The van der Waals surface area contributed by atoms with Crippen LogP contribution in [0.4, 0.5) is 13.6 Å². The zero-order chi connectivity index (χ0) is 23.5. The zero-order valence-corrected chi connectivity index (χ0v) is 18.9. The van der Waals surface area contributed by atoms with Crippen LogP contribution in [0, 0.1) is 11.6 Å². The second-order valence-electron chi connectivity index (χ2n) is 7.71. The van der Waals surface area contributed by atoms with Crippen LogP contribution in [0.1, 0.15) is 34.3 Å². The summed E-state index contributed by atoms with van der Waals surface area (Å²) in [6.07, 6.45) is 2.70. The molecule has 2 amide bonds. The van der Waals surface area contributed by atoms with Gasteiger partial charge in [0.05, 0.1) is 34.9 Å². The van der Waals surface area contributed by atoms with E-state index in [0.29, 0.717) is 30.8 Å². The van der Waals surface area contributed by atoms with Crippen molar-refractivity contribution in [2.24, 2.45) is 0 Å². The molecule has 0 fully saturated rings. The fourth-order valence-corrected chi connectivity index (χ4v) is 4.03. The van der Waals surface area contributed by atoms with Gasteiger partial charge in [0.1, 0.15) is 17.5 Å². The lowest BCUT2D eigenvalue weighted by atomic mass is 10.1. The van der Waals surface area contributed by atoms with Crippen LogP contribution in [-0.2, 0) is 19.4 Å². The molecule has 0 radical (unpaired) electrons. The maximum Gasteiger partial charge on any atom is 0.318 e. The van der Waals surface area contributed by atoms with Gasteiger partial charge < -0.3 is 15.3 Å². The molecule has 1 aliphatic heterocycles. The Morgan fingerprint density at radius 1 is 1.15 bits per heavy atom. The highest BCUT2D eigenvalue weighted by Gasteiger charge is 2.25. The van der Waals surface area contributed by atoms with E-state index in [4.69, 9.17) is 23.2 Å². The van der Waals surface area contributed by atoms with Gasteiger partial charge in [-0.15, -0.1) is 0 Å². The van der Waals surface area contributed by atoms with Crippen LogP contribution < -0.4 is 5.32 Å². The van der Waals surface area contributed by atoms with Gasteiger partial charge in [0, 0.05) is 19.2 Å². The van der Waals surface area contributed by atoms with E-state index in [1.165, 1.54) is 30.3 Å². The monoisotopic (exact) mass is 492 g/mol. The Kier molecular flexibility index (Phi) is 7.07. The minimum atomic E-state index is -0.735. The van der Waals surface area contributed by atoms with Gasteiger partial charge in [0.2, 0.25) is 0 Å². The fourth-order valence-electron chi connectivity index (χ4n) is 3.64. The van der Waals surface area contributed by atoms with Crippen molar-refractivity contribution in [3.05, 3.63) is 92.5 Å². The van der Waals surface area contributed by atoms with Crippen molar-refractivity contribution < 1.29 is 18.7 Å². The van der Waals surface area contributed by atoms with Crippen LogP contribution in [0.25, 0.3) is 0 Å². The SMILES string of the molecule is O=C(N[C@H](CO)c1ccc(F)c(Cl)c1)N1CCc2cnc(Cc3ccc(F)c(Cl)c3)nc2C1. The maximum atomic E-state index is 13.4. The van der Waals surface area contributed by atoms with Gasteiger partial charge in [-0.2, -0.15) is 0 Å². The molecule has 0 unspecified atom stereocenters. The largest absolute Gasteiger partial charge is 0.394 e. The lowest BCUT2D eigenvalue weighted by Crippen LogP contribution is -2.45. The number of aromatic nitrogens is 2. The van der Waals surface area contributed by atoms with Crippen molar-refractivity contribution in [3.63, 3.8) is 0 Å². The summed E-state index contributed by atoms with van der Waals surface area (Å²) in [5.74, 6) is -0.528. The lowest BCUT2D eigenvalue weighted by molar-refractivity contribution is 0.176. The quantitative estimate of drug-likeness (QED) is 0.551. The van der Waals surface area contributed by atoms with E-state index in [-0.39, 0.29) is 29.2 Å². The Balaban J connectivity index is 1.45. The van der Waals surface area contributed by atoms with Gasteiger partial charge >= 0.3 is 6.03 Å². The van der Waals surface area contributed by atoms with E-state index in [2.05, 4.69) is 15.3 Å². The summed E-state index contributed by atoms with van der Waals surface area (Å²) >= 11 is 11.7. The molecular weight excluding hydrogens is 473 g/mol. The molecule has 0 bridgehead atoms. The standard InChI is InChI=1S/C23H20Cl2F2N4O2/c24-16-7-13(1-3-18(16)26)8-22-28-10-15-5-6-31(11-20(15)29-22)23(33)30-21(12-32)14-2-4-19(27)17(25)9-14/h1-4,7,9-10,21,32H,5-6,8,11-12H2,(H,30,33)/t21-/m1/s1. The highest BCUT2D eigenvalue weighted by molar-refractivity contribution is 6.31. The van der Waals surface area contributed by atoms with Gasteiger partial charge in [0.15, 0.2) is 0 Å². The predicted molar refractivity (Wildman–Crippen MR) is 120 cm³/mol. The van der Waals surface area contributed by atoms with Crippen LogP contribution in [-0.4, -0.2) is 39.2 Å². The van der Waals surface area contributed by atoms with Crippen molar-refractivity contribution >= 4 is 29.2 Å². The minimum absolute atomic E-state index is 0.0363. The maximum absolute atomic E-state index is 13.4. The van der Waals surface area contributed by atoms with Crippen molar-refractivity contribution in [1.82, 2.24) is 20.2 Å². The smallest absolute Gasteiger partial charge is 0.318 e. The minimum Gasteiger partial charge on any atom is -0.394 e. The molecule has 1 aromatic heterocycles. The third-order valence-electron chi connectivity index (χ3n) is 5.46. The lowest BCUT2D eigenvalue weighted by Gasteiger charge is -2.30. The number of carbonyl (C=O) groups excluding carboxylic acids is 1. The topological polar surface area (TPSA) is 78.4 Å². The number of urea groups is 1. The highest BCUT2D eigenvalue weighted by atomic mass is 35.5. The molecule has 0 saturated carbocycles. The Labute approximate surface area is 199 Å². The third kappa shape index (κ3) is 5.40.